The molecule has 1 aromatic rings. The molecule has 0 radical (unpaired) electrons. The number of amides is 3. The molecule has 1 aromatic heterocycles. The molecule has 2 aliphatic rings. The Labute approximate surface area is 143 Å². The average molecular weight is 330 g/mol. The third-order valence-corrected chi connectivity index (χ3v) is 5.16. The van der Waals surface area contributed by atoms with Crippen LogP contribution >= 0.6 is 0 Å². The lowest BCUT2D eigenvalue weighted by atomic mass is 9.86. The Bertz CT molecular complexity index is 609. The van der Waals surface area contributed by atoms with Crippen molar-refractivity contribution in [1.82, 2.24) is 19.7 Å². The maximum Gasteiger partial charge on any atom is 0.327 e. The highest BCUT2D eigenvalue weighted by molar-refractivity contribution is 6.07. The van der Waals surface area contributed by atoms with E-state index in [1.54, 1.807) is 18.1 Å². The van der Waals surface area contributed by atoms with Gasteiger partial charge in [-0.1, -0.05) is 19.9 Å². The Morgan fingerprint density at radius 2 is 1.96 bits per heavy atom. The highest BCUT2D eigenvalue weighted by Gasteiger charge is 2.56. The fourth-order valence-corrected chi connectivity index (χ4v) is 3.75. The van der Waals surface area contributed by atoms with Gasteiger partial charge in [-0.2, -0.15) is 0 Å². The molecule has 3 rings (SSSR count). The van der Waals surface area contributed by atoms with Gasteiger partial charge in [0.2, 0.25) is 0 Å². The molecular formula is C18H26N4O2. The summed E-state index contributed by atoms with van der Waals surface area (Å²) in [5, 5.41) is 0. The zero-order valence-corrected chi connectivity index (χ0v) is 14.7. The lowest BCUT2D eigenvalue weighted by molar-refractivity contribution is -0.135. The van der Waals surface area contributed by atoms with Crippen LogP contribution in [-0.4, -0.2) is 63.8 Å². The second kappa shape index (κ2) is 6.51. The summed E-state index contributed by atoms with van der Waals surface area (Å²) in [6.07, 6.45) is 5.05. The number of piperidine rings is 1. The number of carbonyl (C=O) groups is 2. The number of aromatic nitrogens is 1. The molecule has 3 heterocycles. The van der Waals surface area contributed by atoms with E-state index < -0.39 is 5.54 Å². The zero-order chi connectivity index (χ0) is 17.3. The molecule has 24 heavy (non-hydrogen) atoms. The first-order chi connectivity index (χ1) is 11.4. The predicted octanol–water partition coefficient (Wildman–Crippen LogP) is 1.97. The Morgan fingerprint density at radius 1 is 1.25 bits per heavy atom. The number of likely N-dealkylation sites (N-methyl/N-ethyl adjacent to an activating group) is 1. The smallest absolute Gasteiger partial charge is 0.312 e. The van der Waals surface area contributed by atoms with E-state index in [9.17, 15) is 9.59 Å². The van der Waals surface area contributed by atoms with E-state index in [1.165, 1.54) is 10.5 Å². The number of carbonyl (C=O) groups excluding carboxylic acids is 2. The van der Waals surface area contributed by atoms with Gasteiger partial charge in [-0.05, 0) is 30.4 Å². The number of pyridine rings is 1. The normalized spacial score (nSPS) is 21.3. The largest absolute Gasteiger partial charge is 0.327 e. The maximum absolute atomic E-state index is 12.9. The van der Waals surface area contributed by atoms with Crippen molar-refractivity contribution in [1.29, 1.82) is 0 Å². The minimum atomic E-state index is -0.641. The number of nitrogens with zero attached hydrogens (tertiary/aromatic N) is 4. The van der Waals surface area contributed by atoms with Crippen LogP contribution in [0.15, 0.2) is 24.5 Å². The molecule has 0 N–H and O–H groups in total. The van der Waals surface area contributed by atoms with E-state index in [0.717, 1.165) is 19.6 Å². The number of urea groups is 1. The first-order valence-corrected chi connectivity index (χ1v) is 8.65. The van der Waals surface area contributed by atoms with Gasteiger partial charge in [0.1, 0.15) is 5.54 Å². The van der Waals surface area contributed by atoms with Crippen LogP contribution in [0.3, 0.4) is 0 Å². The molecule has 0 saturated carbocycles. The standard InChI is InChI=1S/C18H26N4O2/c1-14(2)12-22-16(23)18(20(3)17(22)24)6-9-21(10-7-18)13-15-5-4-8-19-11-15/h4-5,8,11,14H,6-7,9-10,12-13H2,1-3H3. The van der Waals surface area contributed by atoms with E-state index in [0.29, 0.717) is 19.4 Å². The van der Waals surface area contributed by atoms with Crippen LogP contribution in [0.4, 0.5) is 4.79 Å². The number of imide groups is 1. The van der Waals surface area contributed by atoms with Crippen molar-refractivity contribution in [2.75, 3.05) is 26.7 Å². The SMILES string of the molecule is CC(C)CN1C(=O)N(C)C2(CCN(Cc3cccnc3)CC2)C1=O. The lowest BCUT2D eigenvalue weighted by Gasteiger charge is -2.40. The predicted molar refractivity (Wildman–Crippen MR) is 91.2 cm³/mol. The van der Waals surface area contributed by atoms with Crippen molar-refractivity contribution in [3.63, 3.8) is 0 Å². The first kappa shape index (κ1) is 16.9. The quantitative estimate of drug-likeness (QED) is 0.792. The molecule has 2 fully saturated rings. The minimum absolute atomic E-state index is 0.00951. The first-order valence-electron chi connectivity index (χ1n) is 8.65. The van der Waals surface area contributed by atoms with Crippen LogP contribution < -0.4 is 0 Å². The molecule has 0 aliphatic carbocycles. The number of rotatable bonds is 4. The van der Waals surface area contributed by atoms with E-state index in [1.807, 2.05) is 26.1 Å². The van der Waals surface area contributed by atoms with Gasteiger partial charge in [0.05, 0.1) is 0 Å². The molecule has 0 aromatic carbocycles. The molecule has 2 saturated heterocycles. The second-order valence-corrected chi connectivity index (χ2v) is 7.32. The van der Waals surface area contributed by atoms with Crippen LogP contribution in [-0.2, 0) is 11.3 Å². The second-order valence-electron chi connectivity index (χ2n) is 7.32. The third-order valence-electron chi connectivity index (χ3n) is 5.16. The highest BCUT2D eigenvalue weighted by Crippen LogP contribution is 2.36. The molecule has 0 atom stereocenters. The summed E-state index contributed by atoms with van der Waals surface area (Å²) in [6.45, 7) is 7.03. The van der Waals surface area contributed by atoms with Gasteiger partial charge in [-0.15, -0.1) is 0 Å². The van der Waals surface area contributed by atoms with E-state index in [2.05, 4.69) is 16.0 Å². The third kappa shape index (κ3) is 2.90. The van der Waals surface area contributed by atoms with Gasteiger partial charge in [-0.3, -0.25) is 19.6 Å². The van der Waals surface area contributed by atoms with Gasteiger partial charge in [0.25, 0.3) is 5.91 Å². The van der Waals surface area contributed by atoms with Crippen molar-refractivity contribution in [2.45, 2.75) is 38.8 Å². The van der Waals surface area contributed by atoms with Gasteiger partial charge in [0.15, 0.2) is 0 Å². The average Bonchev–Trinajstić information content (AvgIpc) is 2.74. The zero-order valence-electron chi connectivity index (χ0n) is 14.7. The molecule has 130 valence electrons. The summed E-state index contributed by atoms with van der Waals surface area (Å²) in [5.41, 5.74) is 0.536. The van der Waals surface area contributed by atoms with Gasteiger partial charge in [0, 0.05) is 45.6 Å². The van der Waals surface area contributed by atoms with Crippen LogP contribution in [0.5, 0.6) is 0 Å². The van der Waals surface area contributed by atoms with Crippen LogP contribution in [0, 0.1) is 5.92 Å². The minimum Gasteiger partial charge on any atom is -0.312 e. The van der Waals surface area contributed by atoms with E-state index in [4.69, 9.17) is 0 Å². The van der Waals surface area contributed by atoms with Crippen molar-refractivity contribution in [3.8, 4) is 0 Å². The summed E-state index contributed by atoms with van der Waals surface area (Å²) in [6, 6.07) is 3.87. The van der Waals surface area contributed by atoms with E-state index >= 15 is 0 Å². The van der Waals surface area contributed by atoms with Gasteiger partial charge >= 0.3 is 6.03 Å². The number of likely N-dealkylation sites (tertiary alicyclic amines) is 1. The molecule has 1 spiro atoms. The monoisotopic (exact) mass is 330 g/mol. The number of hydrogen-bond acceptors (Lipinski definition) is 4. The molecule has 3 amide bonds. The summed E-state index contributed by atoms with van der Waals surface area (Å²) in [4.78, 5) is 35.1. The summed E-state index contributed by atoms with van der Waals surface area (Å²) < 4.78 is 0. The summed E-state index contributed by atoms with van der Waals surface area (Å²) >= 11 is 0. The molecule has 6 nitrogen and oxygen atoms in total. The fraction of sp³-hybridized carbons (Fsp3) is 0.611. The topological polar surface area (TPSA) is 56.8 Å². The molecule has 0 unspecified atom stereocenters. The van der Waals surface area contributed by atoms with Crippen molar-refractivity contribution < 1.29 is 9.59 Å². The van der Waals surface area contributed by atoms with Gasteiger partial charge < -0.3 is 4.90 Å². The number of hydrogen-bond donors (Lipinski definition) is 0. The van der Waals surface area contributed by atoms with Crippen molar-refractivity contribution >= 4 is 11.9 Å². The highest BCUT2D eigenvalue weighted by atomic mass is 16.2. The van der Waals surface area contributed by atoms with Crippen molar-refractivity contribution in [2.24, 2.45) is 5.92 Å². The Balaban J connectivity index is 1.68. The van der Waals surface area contributed by atoms with Crippen LogP contribution in [0.2, 0.25) is 0 Å². The lowest BCUT2D eigenvalue weighted by Crippen LogP contribution is -2.55. The Hall–Kier alpha value is -1.95. The summed E-state index contributed by atoms with van der Waals surface area (Å²) in [5.74, 6) is 0.275. The summed E-state index contributed by atoms with van der Waals surface area (Å²) in [7, 11) is 1.78. The van der Waals surface area contributed by atoms with Crippen molar-refractivity contribution in [3.05, 3.63) is 30.1 Å². The Kier molecular flexibility index (Phi) is 4.58. The molecule has 0 bridgehead atoms. The Morgan fingerprint density at radius 3 is 2.54 bits per heavy atom. The molecular weight excluding hydrogens is 304 g/mol. The molecule has 6 heteroatoms. The maximum atomic E-state index is 12.9. The van der Waals surface area contributed by atoms with Gasteiger partial charge in [-0.25, -0.2) is 4.79 Å². The molecule has 2 aliphatic heterocycles. The van der Waals surface area contributed by atoms with Crippen LogP contribution in [0.1, 0.15) is 32.3 Å². The van der Waals surface area contributed by atoms with Crippen LogP contribution in [0.25, 0.3) is 0 Å². The van der Waals surface area contributed by atoms with E-state index in [-0.39, 0.29) is 17.9 Å². The fourth-order valence-electron chi connectivity index (χ4n) is 3.75.